The van der Waals surface area contributed by atoms with Crippen LogP contribution in [0.5, 0.6) is 5.75 Å². The third-order valence-corrected chi connectivity index (χ3v) is 5.23. The number of ether oxygens (including phenoxy) is 1. The third-order valence-electron chi connectivity index (χ3n) is 4.56. The number of hydrogen-bond acceptors (Lipinski definition) is 5. The van der Waals surface area contributed by atoms with E-state index in [2.05, 4.69) is 32.9 Å². The standard InChI is InChI=1S/C23H21IN2O4/c1-15(11-19-12-20(24)8-9-21(19)27)23(29)30-14-26-22(28)17-6-4-16(5-7-17)18-3-2-10-25-13-18/h2-10,12-13,15,27H,11,14H2,1H3,(H,26,28). The molecule has 1 unspecified atom stereocenters. The predicted octanol–water partition coefficient (Wildman–Crippen LogP) is 4.17. The van der Waals surface area contributed by atoms with Crippen molar-refractivity contribution >= 4 is 34.5 Å². The topological polar surface area (TPSA) is 88.5 Å². The fraction of sp³-hybridized carbons (Fsp3) is 0.174. The average molecular weight is 516 g/mol. The average Bonchev–Trinajstić information content (AvgIpc) is 2.76. The Morgan fingerprint density at radius 2 is 1.90 bits per heavy atom. The van der Waals surface area contributed by atoms with Crippen molar-refractivity contribution in [2.75, 3.05) is 6.73 Å². The van der Waals surface area contributed by atoms with Gasteiger partial charge in [0.15, 0.2) is 6.73 Å². The van der Waals surface area contributed by atoms with Gasteiger partial charge >= 0.3 is 5.97 Å². The SMILES string of the molecule is CC(Cc1cc(I)ccc1O)C(=O)OCNC(=O)c1ccc(-c2cccnc2)cc1. The van der Waals surface area contributed by atoms with E-state index in [4.69, 9.17) is 4.74 Å². The molecule has 0 aliphatic rings. The Morgan fingerprint density at radius 3 is 2.60 bits per heavy atom. The van der Waals surface area contributed by atoms with Crippen molar-refractivity contribution in [3.8, 4) is 16.9 Å². The summed E-state index contributed by atoms with van der Waals surface area (Å²) in [7, 11) is 0. The number of amides is 1. The second-order valence-corrected chi connectivity index (χ2v) is 8.06. The van der Waals surface area contributed by atoms with Crippen molar-refractivity contribution in [2.45, 2.75) is 13.3 Å². The lowest BCUT2D eigenvalue weighted by molar-refractivity contribution is -0.148. The van der Waals surface area contributed by atoms with Gasteiger partial charge in [-0.2, -0.15) is 0 Å². The zero-order valence-electron chi connectivity index (χ0n) is 16.3. The molecule has 0 saturated heterocycles. The van der Waals surface area contributed by atoms with Crippen LogP contribution in [0, 0.1) is 9.49 Å². The van der Waals surface area contributed by atoms with Gasteiger partial charge in [0.1, 0.15) is 5.75 Å². The van der Waals surface area contributed by atoms with Crippen LogP contribution in [-0.2, 0) is 16.0 Å². The molecular weight excluding hydrogens is 495 g/mol. The number of carbonyl (C=O) groups excluding carboxylic acids is 2. The molecule has 1 atom stereocenters. The van der Waals surface area contributed by atoms with Gasteiger partial charge < -0.3 is 15.2 Å². The maximum absolute atomic E-state index is 12.3. The Labute approximate surface area is 188 Å². The van der Waals surface area contributed by atoms with Gasteiger partial charge in [-0.15, -0.1) is 0 Å². The molecule has 1 amide bonds. The molecule has 0 fully saturated rings. The Bertz CT molecular complexity index is 1020. The minimum absolute atomic E-state index is 0.151. The van der Waals surface area contributed by atoms with E-state index >= 15 is 0 Å². The minimum Gasteiger partial charge on any atom is -0.508 e. The molecule has 0 radical (unpaired) electrons. The van der Waals surface area contributed by atoms with E-state index in [1.165, 1.54) is 0 Å². The molecule has 0 aliphatic carbocycles. The monoisotopic (exact) mass is 516 g/mol. The maximum Gasteiger partial charge on any atom is 0.310 e. The Morgan fingerprint density at radius 1 is 1.13 bits per heavy atom. The summed E-state index contributed by atoms with van der Waals surface area (Å²) >= 11 is 2.15. The molecule has 154 valence electrons. The van der Waals surface area contributed by atoms with Crippen molar-refractivity contribution < 1.29 is 19.4 Å². The van der Waals surface area contributed by atoms with E-state index in [-0.39, 0.29) is 18.4 Å². The van der Waals surface area contributed by atoms with Crippen molar-refractivity contribution in [1.29, 1.82) is 0 Å². The van der Waals surface area contributed by atoms with E-state index in [1.54, 1.807) is 43.6 Å². The van der Waals surface area contributed by atoms with E-state index in [9.17, 15) is 14.7 Å². The van der Waals surface area contributed by atoms with Gasteiger partial charge in [0.05, 0.1) is 5.92 Å². The number of phenols is 1. The minimum atomic E-state index is -0.454. The Kier molecular flexibility index (Phi) is 7.40. The highest BCUT2D eigenvalue weighted by atomic mass is 127. The van der Waals surface area contributed by atoms with Crippen LogP contribution >= 0.6 is 22.6 Å². The molecule has 0 aliphatic heterocycles. The molecule has 0 saturated carbocycles. The number of halogens is 1. The number of hydrogen-bond donors (Lipinski definition) is 2. The largest absolute Gasteiger partial charge is 0.508 e. The maximum atomic E-state index is 12.3. The molecule has 1 heterocycles. The van der Waals surface area contributed by atoms with Crippen LogP contribution < -0.4 is 5.32 Å². The fourth-order valence-corrected chi connectivity index (χ4v) is 3.45. The number of nitrogens with zero attached hydrogens (tertiary/aromatic N) is 1. The highest BCUT2D eigenvalue weighted by Crippen LogP contribution is 2.23. The van der Waals surface area contributed by atoms with E-state index in [1.807, 2.05) is 30.3 Å². The van der Waals surface area contributed by atoms with Crippen molar-refractivity contribution in [3.05, 3.63) is 81.7 Å². The summed E-state index contributed by atoms with van der Waals surface area (Å²) in [5, 5.41) is 12.5. The van der Waals surface area contributed by atoms with Crippen LogP contribution in [0.1, 0.15) is 22.8 Å². The smallest absolute Gasteiger partial charge is 0.310 e. The number of rotatable bonds is 7. The lowest BCUT2D eigenvalue weighted by Crippen LogP contribution is -2.29. The predicted molar refractivity (Wildman–Crippen MR) is 122 cm³/mol. The quantitative estimate of drug-likeness (QED) is 0.280. The number of aromatic nitrogens is 1. The first kappa shape index (κ1) is 21.8. The van der Waals surface area contributed by atoms with Crippen LogP contribution in [0.15, 0.2) is 67.0 Å². The van der Waals surface area contributed by atoms with Crippen LogP contribution in [0.25, 0.3) is 11.1 Å². The Balaban J connectivity index is 1.49. The van der Waals surface area contributed by atoms with E-state index in [0.717, 1.165) is 14.7 Å². The van der Waals surface area contributed by atoms with Gasteiger partial charge in [0.25, 0.3) is 5.91 Å². The Hall–Kier alpha value is -2.94. The summed E-state index contributed by atoms with van der Waals surface area (Å²) in [5.74, 6) is -1.08. The summed E-state index contributed by atoms with van der Waals surface area (Å²) in [6.07, 6.45) is 3.81. The molecule has 2 N–H and O–H groups in total. The van der Waals surface area contributed by atoms with Gasteiger partial charge in [-0.1, -0.05) is 25.1 Å². The van der Waals surface area contributed by atoms with Crippen LogP contribution in [-0.4, -0.2) is 28.7 Å². The normalized spacial score (nSPS) is 11.5. The lowest BCUT2D eigenvalue weighted by Gasteiger charge is -2.13. The first-order valence-corrected chi connectivity index (χ1v) is 10.4. The van der Waals surface area contributed by atoms with Crippen LogP contribution in [0.2, 0.25) is 0 Å². The summed E-state index contributed by atoms with van der Waals surface area (Å²) in [6, 6.07) is 16.1. The van der Waals surface area contributed by atoms with Gasteiger partial charge in [-0.3, -0.25) is 14.6 Å². The summed E-state index contributed by atoms with van der Waals surface area (Å²) in [4.78, 5) is 28.6. The zero-order chi connectivity index (χ0) is 21.5. The van der Waals surface area contributed by atoms with Gasteiger partial charge in [0.2, 0.25) is 0 Å². The van der Waals surface area contributed by atoms with Crippen molar-refractivity contribution in [1.82, 2.24) is 10.3 Å². The molecule has 1 aromatic heterocycles. The first-order chi connectivity index (χ1) is 14.4. The highest BCUT2D eigenvalue weighted by Gasteiger charge is 2.17. The van der Waals surface area contributed by atoms with Gasteiger partial charge in [-0.05, 0) is 82.1 Å². The molecular formula is C23H21IN2O4. The lowest BCUT2D eigenvalue weighted by atomic mass is 10.0. The number of pyridine rings is 1. The second kappa shape index (κ2) is 10.2. The summed E-state index contributed by atoms with van der Waals surface area (Å²) < 4.78 is 6.14. The molecule has 30 heavy (non-hydrogen) atoms. The zero-order valence-corrected chi connectivity index (χ0v) is 18.5. The van der Waals surface area contributed by atoms with E-state index in [0.29, 0.717) is 17.5 Å². The highest BCUT2D eigenvalue weighted by molar-refractivity contribution is 14.1. The number of esters is 1. The molecule has 2 aromatic carbocycles. The van der Waals surface area contributed by atoms with E-state index < -0.39 is 11.9 Å². The van der Waals surface area contributed by atoms with Gasteiger partial charge in [0, 0.05) is 21.5 Å². The first-order valence-electron chi connectivity index (χ1n) is 9.36. The van der Waals surface area contributed by atoms with Crippen molar-refractivity contribution in [3.63, 3.8) is 0 Å². The molecule has 3 rings (SSSR count). The number of carbonyl (C=O) groups is 2. The van der Waals surface area contributed by atoms with Crippen LogP contribution in [0.3, 0.4) is 0 Å². The van der Waals surface area contributed by atoms with Crippen LogP contribution in [0.4, 0.5) is 0 Å². The van der Waals surface area contributed by atoms with Gasteiger partial charge in [-0.25, -0.2) is 0 Å². The molecule has 0 bridgehead atoms. The third kappa shape index (κ3) is 5.79. The molecule has 6 nitrogen and oxygen atoms in total. The summed E-state index contributed by atoms with van der Waals surface area (Å²) in [6.45, 7) is 1.51. The second-order valence-electron chi connectivity index (χ2n) is 6.81. The number of aromatic hydroxyl groups is 1. The molecule has 0 spiro atoms. The van der Waals surface area contributed by atoms with Crippen molar-refractivity contribution in [2.24, 2.45) is 5.92 Å². The number of benzene rings is 2. The fourth-order valence-electron chi connectivity index (χ4n) is 2.90. The number of phenolic OH excluding ortho intramolecular Hbond substituents is 1. The number of nitrogens with one attached hydrogen (secondary N) is 1. The molecule has 7 heteroatoms. The summed E-state index contributed by atoms with van der Waals surface area (Å²) in [5.41, 5.74) is 3.07. The molecule has 3 aromatic rings.